The summed E-state index contributed by atoms with van der Waals surface area (Å²) in [5, 5.41) is -2.04. The van der Waals surface area contributed by atoms with Gasteiger partial charge in [-0.25, -0.2) is 8.42 Å². The van der Waals surface area contributed by atoms with Gasteiger partial charge in [-0.05, 0) is 12.8 Å². The van der Waals surface area contributed by atoms with Crippen LogP contribution in [0.15, 0.2) is 0 Å². The third-order valence-corrected chi connectivity index (χ3v) is 6.52. The van der Waals surface area contributed by atoms with Crippen LogP contribution in [-0.2, 0) is 29.2 Å². The molecule has 0 rings (SSSR count). The molecule has 198 valence electrons. The van der Waals surface area contributed by atoms with Crippen LogP contribution in [0.4, 0.5) is 0 Å². The molecule has 4 N–H and O–H groups in total. The van der Waals surface area contributed by atoms with E-state index in [9.17, 15) is 22.6 Å². The zero-order valence-corrected chi connectivity index (χ0v) is 22.1. The van der Waals surface area contributed by atoms with E-state index in [1.165, 1.54) is 51.4 Å². The Bertz CT molecular complexity index is 581. The van der Waals surface area contributed by atoms with Crippen molar-refractivity contribution in [1.29, 1.82) is 0 Å². The van der Waals surface area contributed by atoms with Gasteiger partial charge in [0, 0.05) is 0 Å². The van der Waals surface area contributed by atoms with E-state index in [4.69, 9.17) is 9.47 Å². The molecule has 0 aliphatic rings. The summed E-state index contributed by atoms with van der Waals surface area (Å²) in [6, 6.07) is 0. The van der Waals surface area contributed by atoms with E-state index in [1.54, 1.807) is 0 Å². The molecule has 0 saturated carbocycles. The van der Waals surface area contributed by atoms with E-state index in [1.807, 2.05) is 0 Å². The number of esters is 2. The van der Waals surface area contributed by atoms with Gasteiger partial charge in [0.2, 0.25) is 0 Å². The number of rotatable bonds is 22. The lowest BCUT2D eigenvalue weighted by atomic mass is 10.1. The molecular weight excluding hydrogens is 446 g/mol. The molecule has 0 saturated heterocycles. The van der Waals surface area contributed by atoms with Gasteiger partial charge >= 0.3 is 11.9 Å². The van der Waals surface area contributed by atoms with Gasteiger partial charge in [0.1, 0.15) is 10.1 Å². The highest BCUT2D eigenvalue weighted by Crippen LogP contribution is 2.12. The van der Waals surface area contributed by atoms with Crippen LogP contribution in [0.2, 0.25) is 0 Å². The van der Waals surface area contributed by atoms with Gasteiger partial charge in [0.25, 0.3) is 0 Å². The van der Waals surface area contributed by atoms with E-state index >= 15 is 0 Å². The van der Waals surface area contributed by atoms with E-state index in [0.29, 0.717) is 12.8 Å². The van der Waals surface area contributed by atoms with Crippen LogP contribution in [0.1, 0.15) is 123 Å². The normalized spacial score (nSPS) is 12.1. The van der Waals surface area contributed by atoms with Crippen LogP contribution >= 0.6 is 0 Å². The standard InChI is InChI=1S/C24H46O7S.H3N/c1-3-5-7-9-11-13-15-17-19-30-23(25)21-22(32(27,28)29)24(26)31-20-18-16-14-12-10-8-6-4-2;/h22H,3-21H2,1-2H3,(H,27,28,29);1H3. The molecule has 0 aliphatic carbocycles. The molecule has 33 heavy (non-hydrogen) atoms. The third kappa shape index (κ3) is 21.1. The van der Waals surface area contributed by atoms with Crippen LogP contribution in [-0.4, -0.2) is 43.4 Å². The summed E-state index contributed by atoms with van der Waals surface area (Å²) >= 11 is 0. The smallest absolute Gasteiger partial charge is 0.323 e. The zero-order chi connectivity index (χ0) is 24.1. The van der Waals surface area contributed by atoms with Crippen LogP contribution < -0.4 is 6.15 Å². The molecule has 0 aliphatic heterocycles. The summed E-state index contributed by atoms with van der Waals surface area (Å²) in [4.78, 5) is 23.9. The Kier molecular flexibility index (Phi) is 23.3. The Morgan fingerprint density at radius 1 is 0.667 bits per heavy atom. The van der Waals surface area contributed by atoms with Crippen molar-refractivity contribution in [3.8, 4) is 0 Å². The highest BCUT2D eigenvalue weighted by Gasteiger charge is 2.30. The third-order valence-electron chi connectivity index (χ3n) is 5.47. The average molecular weight is 496 g/mol. The molecule has 0 aromatic rings. The van der Waals surface area contributed by atoms with Crippen molar-refractivity contribution in [3.63, 3.8) is 0 Å². The highest BCUT2D eigenvalue weighted by molar-refractivity contribution is 7.87. The van der Waals surface area contributed by atoms with Crippen LogP contribution in [0.3, 0.4) is 0 Å². The second-order valence-electron chi connectivity index (χ2n) is 8.52. The average Bonchev–Trinajstić information content (AvgIpc) is 2.74. The first-order valence-corrected chi connectivity index (χ1v) is 14.1. The molecule has 0 bridgehead atoms. The minimum atomic E-state index is -5.00. The second kappa shape index (κ2) is 22.6. The predicted octanol–water partition coefficient (Wildman–Crippen LogP) is 6.03. The van der Waals surface area contributed by atoms with Gasteiger partial charge < -0.3 is 20.2 Å². The highest BCUT2D eigenvalue weighted by atomic mass is 32.2. The number of ether oxygens (including phenoxy) is 2. The Morgan fingerprint density at radius 2 is 1.03 bits per heavy atom. The molecule has 0 aromatic carbocycles. The molecule has 8 nitrogen and oxygen atoms in total. The molecule has 1 atom stereocenters. The minimum Gasteiger partial charge on any atom is -0.747 e. The first-order chi connectivity index (χ1) is 15.3. The molecule has 9 heteroatoms. The summed E-state index contributed by atoms with van der Waals surface area (Å²) in [5.41, 5.74) is 0. The van der Waals surface area contributed by atoms with E-state index in [-0.39, 0.29) is 19.4 Å². The summed E-state index contributed by atoms with van der Waals surface area (Å²) in [6.07, 6.45) is 16.4. The van der Waals surface area contributed by atoms with E-state index in [2.05, 4.69) is 13.8 Å². The zero-order valence-electron chi connectivity index (χ0n) is 21.3. The lowest BCUT2D eigenvalue weighted by Crippen LogP contribution is -2.34. The number of quaternary nitrogens is 1. The Labute approximate surface area is 201 Å². The fraction of sp³-hybridized carbons (Fsp3) is 0.917. The fourth-order valence-corrected chi connectivity index (χ4v) is 4.08. The topological polar surface area (TPSA) is 146 Å². The number of carbonyl (C=O) groups excluding carboxylic acids is 2. The van der Waals surface area contributed by atoms with Crippen molar-refractivity contribution in [1.82, 2.24) is 6.15 Å². The Hall–Kier alpha value is -1.19. The van der Waals surface area contributed by atoms with Crippen molar-refractivity contribution in [2.75, 3.05) is 13.2 Å². The van der Waals surface area contributed by atoms with Crippen LogP contribution in [0.25, 0.3) is 0 Å². The summed E-state index contributed by atoms with van der Waals surface area (Å²) in [7, 11) is -5.00. The van der Waals surface area contributed by atoms with Gasteiger partial charge in [-0.2, -0.15) is 0 Å². The Morgan fingerprint density at radius 3 is 1.42 bits per heavy atom. The van der Waals surface area contributed by atoms with Crippen molar-refractivity contribution in [2.24, 2.45) is 0 Å². The summed E-state index contributed by atoms with van der Waals surface area (Å²) in [5.74, 6) is -2.02. The SMILES string of the molecule is CCCCCCCCCCOC(=O)CC(C(=O)OCCCCCCCCCC)S(=O)(=O)[O-].[NH4+]. The predicted molar refractivity (Wildman–Crippen MR) is 131 cm³/mol. The molecule has 0 fully saturated rings. The molecule has 1 unspecified atom stereocenters. The fourth-order valence-electron chi connectivity index (χ4n) is 3.44. The summed E-state index contributed by atoms with van der Waals surface area (Å²) in [6.45, 7) is 4.55. The first kappa shape index (κ1) is 34.0. The maximum absolute atomic E-state index is 12.0. The van der Waals surface area contributed by atoms with Gasteiger partial charge in [-0.3, -0.25) is 9.59 Å². The largest absolute Gasteiger partial charge is 0.747 e. The quantitative estimate of drug-likeness (QED) is 0.109. The van der Waals surface area contributed by atoms with Crippen LogP contribution in [0, 0.1) is 0 Å². The molecular formula is C24H49NO7S. The molecule has 0 spiro atoms. The Balaban J connectivity index is 0. The number of hydrogen-bond donors (Lipinski definition) is 1. The second-order valence-corrected chi connectivity index (χ2v) is 10.1. The van der Waals surface area contributed by atoms with Crippen molar-refractivity contribution in [2.45, 2.75) is 128 Å². The van der Waals surface area contributed by atoms with E-state index in [0.717, 1.165) is 38.5 Å². The maximum atomic E-state index is 12.0. The molecule has 0 amide bonds. The first-order valence-electron chi connectivity index (χ1n) is 12.6. The van der Waals surface area contributed by atoms with Crippen molar-refractivity contribution in [3.05, 3.63) is 0 Å². The van der Waals surface area contributed by atoms with Gasteiger partial charge in [0.05, 0.1) is 19.6 Å². The van der Waals surface area contributed by atoms with E-state index < -0.39 is 33.7 Å². The number of unbranched alkanes of at least 4 members (excludes halogenated alkanes) is 14. The number of hydrogen-bond acceptors (Lipinski definition) is 7. The van der Waals surface area contributed by atoms with Crippen LogP contribution in [0.5, 0.6) is 0 Å². The lowest BCUT2D eigenvalue weighted by Gasteiger charge is -2.18. The van der Waals surface area contributed by atoms with Gasteiger partial charge in [-0.15, -0.1) is 0 Å². The van der Waals surface area contributed by atoms with Gasteiger partial charge in [0.15, 0.2) is 5.25 Å². The van der Waals surface area contributed by atoms with Gasteiger partial charge in [-0.1, -0.05) is 104 Å². The van der Waals surface area contributed by atoms with Crippen molar-refractivity contribution < 1.29 is 32.0 Å². The summed E-state index contributed by atoms with van der Waals surface area (Å²) < 4.78 is 44.2. The minimum absolute atomic E-state index is 0. The molecule has 0 radical (unpaired) electrons. The maximum Gasteiger partial charge on any atom is 0.323 e. The molecule has 0 heterocycles. The lowest BCUT2D eigenvalue weighted by molar-refractivity contribution is -0.150. The molecule has 0 aromatic heterocycles. The van der Waals surface area contributed by atoms with Crippen molar-refractivity contribution >= 4 is 22.1 Å². The monoisotopic (exact) mass is 495 g/mol. The number of carbonyl (C=O) groups is 2.